The zero-order chi connectivity index (χ0) is 13.4. The van der Waals surface area contributed by atoms with Gasteiger partial charge in [-0.05, 0) is 37.1 Å². The predicted octanol–water partition coefficient (Wildman–Crippen LogP) is 3.94. The summed E-state index contributed by atoms with van der Waals surface area (Å²) < 4.78 is 4.98. The lowest BCUT2D eigenvalue weighted by molar-refractivity contribution is 0.438. The van der Waals surface area contributed by atoms with Gasteiger partial charge in [-0.1, -0.05) is 23.2 Å². The molecule has 0 saturated carbocycles. The van der Waals surface area contributed by atoms with Gasteiger partial charge in [-0.2, -0.15) is 0 Å². The fourth-order valence-electron chi connectivity index (χ4n) is 1.76. The maximum absolute atomic E-state index is 11.8. The zero-order valence-corrected chi connectivity index (χ0v) is 11.3. The minimum Gasteiger partial charge on any atom is -0.507 e. The lowest BCUT2D eigenvalue weighted by Gasteiger charge is -2.09. The van der Waals surface area contributed by atoms with Gasteiger partial charge in [0.15, 0.2) is 0 Å². The van der Waals surface area contributed by atoms with Crippen molar-refractivity contribution >= 4 is 23.2 Å². The van der Waals surface area contributed by atoms with Crippen LogP contribution in [0.1, 0.15) is 11.3 Å². The van der Waals surface area contributed by atoms with E-state index >= 15 is 0 Å². The standard InChI is InChI=1S/C13H10Cl2O3/c1-6-3-9(14)10(15)5-8(6)12-11(16)4-7(2)18-13(12)17/h3-5,16H,1-2H3. The summed E-state index contributed by atoms with van der Waals surface area (Å²) in [6.07, 6.45) is 0. The zero-order valence-electron chi connectivity index (χ0n) is 9.75. The molecule has 3 nitrogen and oxygen atoms in total. The first-order valence-electron chi connectivity index (χ1n) is 5.20. The van der Waals surface area contributed by atoms with Crippen LogP contribution in [0.5, 0.6) is 5.75 Å². The number of halogens is 2. The molecule has 0 amide bonds. The van der Waals surface area contributed by atoms with E-state index < -0.39 is 5.63 Å². The highest BCUT2D eigenvalue weighted by atomic mass is 35.5. The summed E-state index contributed by atoms with van der Waals surface area (Å²) in [6, 6.07) is 4.57. The number of aromatic hydroxyl groups is 1. The molecule has 18 heavy (non-hydrogen) atoms. The SMILES string of the molecule is Cc1cc(O)c(-c2cc(Cl)c(Cl)cc2C)c(=O)o1. The number of hydrogen-bond donors (Lipinski definition) is 1. The van der Waals surface area contributed by atoms with Gasteiger partial charge in [-0.15, -0.1) is 0 Å². The third kappa shape index (κ3) is 2.24. The molecule has 2 aromatic rings. The number of aryl methyl sites for hydroxylation is 2. The Morgan fingerprint density at radius 2 is 1.72 bits per heavy atom. The summed E-state index contributed by atoms with van der Waals surface area (Å²) in [6.45, 7) is 3.36. The Labute approximate surface area is 114 Å². The van der Waals surface area contributed by atoms with E-state index in [1.165, 1.54) is 6.07 Å². The molecule has 0 radical (unpaired) electrons. The van der Waals surface area contributed by atoms with E-state index in [1.807, 2.05) is 0 Å². The van der Waals surface area contributed by atoms with Crippen molar-refractivity contribution in [2.24, 2.45) is 0 Å². The van der Waals surface area contributed by atoms with E-state index in [9.17, 15) is 9.90 Å². The highest BCUT2D eigenvalue weighted by molar-refractivity contribution is 6.42. The summed E-state index contributed by atoms with van der Waals surface area (Å²) in [4.78, 5) is 11.8. The summed E-state index contributed by atoms with van der Waals surface area (Å²) in [7, 11) is 0. The van der Waals surface area contributed by atoms with Crippen LogP contribution in [0.25, 0.3) is 11.1 Å². The molecule has 0 bridgehead atoms. The molecule has 1 aromatic carbocycles. The van der Waals surface area contributed by atoms with Crippen molar-refractivity contribution < 1.29 is 9.52 Å². The maximum atomic E-state index is 11.8. The first-order valence-corrected chi connectivity index (χ1v) is 5.95. The van der Waals surface area contributed by atoms with Crippen molar-refractivity contribution in [3.63, 3.8) is 0 Å². The van der Waals surface area contributed by atoms with E-state index in [2.05, 4.69) is 0 Å². The molecular formula is C13H10Cl2O3. The van der Waals surface area contributed by atoms with Gasteiger partial charge < -0.3 is 9.52 Å². The van der Waals surface area contributed by atoms with E-state index in [4.69, 9.17) is 27.6 Å². The molecule has 1 heterocycles. The Morgan fingerprint density at radius 1 is 1.11 bits per heavy atom. The van der Waals surface area contributed by atoms with Gasteiger partial charge in [0.25, 0.3) is 0 Å². The van der Waals surface area contributed by atoms with E-state index in [0.29, 0.717) is 21.4 Å². The van der Waals surface area contributed by atoms with Crippen molar-refractivity contribution in [3.8, 4) is 16.9 Å². The Hall–Kier alpha value is -1.45. The fraction of sp³-hybridized carbons (Fsp3) is 0.154. The van der Waals surface area contributed by atoms with Gasteiger partial charge in [0.05, 0.1) is 10.0 Å². The lowest BCUT2D eigenvalue weighted by atomic mass is 10.0. The van der Waals surface area contributed by atoms with Crippen LogP contribution in [0.2, 0.25) is 10.0 Å². The lowest BCUT2D eigenvalue weighted by Crippen LogP contribution is -2.05. The van der Waals surface area contributed by atoms with Crippen molar-refractivity contribution in [3.05, 3.63) is 50.0 Å². The molecule has 1 N–H and O–H groups in total. The normalized spacial score (nSPS) is 10.7. The van der Waals surface area contributed by atoms with Crippen molar-refractivity contribution in [2.45, 2.75) is 13.8 Å². The molecule has 0 saturated heterocycles. The van der Waals surface area contributed by atoms with Gasteiger partial charge >= 0.3 is 5.63 Å². The summed E-state index contributed by atoms with van der Waals surface area (Å²) >= 11 is 11.8. The van der Waals surface area contributed by atoms with Gasteiger partial charge in [-0.3, -0.25) is 0 Å². The largest absolute Gasteiger partial charge is 0.507 e. The Kier molecular flexibility index (Phi) is 3.37. The molecule has 0 spiro atoms. The van der Waals surface area contributed by atoms with Crippen molar-refractivity contribution in [1.29, 1.82) is 0 Å². The topological polar surface area (TPSA) is 50.4 Å². The van der Waals surface area contributed by atoms with Crippen LogP contribution in [0.4, 0.5) is 0 Å². The van der Waals surface area contributed by atoms with Crippen LogP contribution in [-0.4, -0.2) is 5.11 Å². The molecule has 94 valence electrons. The fourth-order valence-corrected chi connectivity index (χ4v) is 2.14. The summed E-state index contributed by atoms with van der Waals surface area (Å²) in [5.74, 6) is 0.212. The van der Waals surface area contributed by atoms with Crippen LogP contribution in [0.15, 0.2) is 27.4 Å². The smallest absolute Gasteiger partial charge is 0.347 e. The number of hydrogen-bond acceptors (Lipinski definition) is 3. The van der Waals surface area contributed by atoms with Gasteiger partial charge in [0.2, 0.25) is 0 Å². The average molecular weight is 285 g/mol. The average Bonchev–Trinajstić information content (AvgIpc) is 2.24. The summed E-state index contributed by atoms with van der Waals surface area (Å²) in [5.41, 5.74) is 0.733. The third-order valence-electron chi connectivity index (χ3n) is 2.59. The molecule has 0 unspecified atom stereocenters. The molecule has 0 fully saturated rings. The monoisotopic (exact) mass is 284 g/mol. The van der Waals surface area contributed by atoms with Crippen LogP contribution in [0.3, 0.4) is 0 Å². The maximum Gasteiger partial charge on any atom is 0.347 e. The van der Waals surface area contributed by atoms with Crippen LogP contribution >= 0.6 is 23.2 Å². The summed E-state index contributed by atoms with van der Waals surface area (Å²) in [5, 5.41) is 10.6. The van der Waals surface area contributed by atoms with Gasteiger partial charge in [0, 0.05) is 6.07 Å². The molecule has 0 aliphatic rings. The second kappa shape index (κ2) is 4.67. The molecule has 0 atom stereocenters. The number of benzene rings is 1. The molecule has 0 aliphatic heterocycles. The molecule has 5 heteroatoms. The van der Waals surface area contributed by atoms with E-state index in [0.717, 1.165) is 5.56 Å². The van der Waals surface area contributed by atoms with E-state index in [1.54, 1.807) is 26.0 Å². The van der Waals surface area contributed by atoms with Gasteiger partial charge in [-0.25, -0.2) is 4.79 Å². The third-order valence-corrected chi connectivity index (χ3v) is 3.31. The molecule has 1 aromatic heterocycles. The first kappa shape index (κ1) is 13.0. The Morgan fingerprint density at radius 3 is 2.33 bits per heavy atom. The first-order chi connectivity index (χ1) is 8.40. The van der Waals surface area contributed by atoms with Crippen LogP contribution in [0, 0.1) is 13.8 Å². The van der Waals surface area contributed by atoms with Crippen LogP contribution in [-0.2, 0) is 0 Å². The predicted molar refractivity (Wildman–Crippen MR) is 71.6 cm³/mol. The van der Waals surface area contributed by atoms with Crippen molar-refractivity contribution in [1.82, 2.24) is 0 Å². The Bertz CT molecular complexity index is 675. The Balaban J connectivity index is 2.78. The van der Waals surface area contributed by atoms with Gasteiger partial charge in [0.1, 0.15) is 17.1 Å². The van der Waals surface area contributed by atoms with Crippen LogP contribution < -0.4 is 5.63 Å². The van der Waals surface area contributed by atoms with Crippen molar-refractivity contribution in [2.75, 3.05) is 0 Å². The minimum atomic E-state index is -0.603. The number of rotatable bonds is 1. The molecule has 2 rings (SSSR count). The quantitative estimate of drug-likeness (QED) is 0.863. The minimum absolute atomic E-state index is 0.0941. The molecule has 0 aliphatic carbocycles. The molecular weight excluding hydrogens is 275 g/mol. The highest BCUT2D eigenvalue weighted by Gasteiger charge is 2.16. The highest BCUT2D eigenvalue weighted by Crippen LogP contribution is 2.34. The second-order valence-electron chi connectivity index (χ2n) is 3.99. The van der Waals surface area contributed by atoms with E-state index in [-0.39, 0.29) is 11.3 Å². The second-order valence-corrected chi connectivity index (χ2v) is 4.80.